The maximum atomic E-state index is 8.75. The number of aromatic nitrogens is 2. The zero-order valence-electron chi connectivity index (χ0n) is 11.3. The molecule has 0 aliphatic carbocycles. The molecular weight excluding hydrogens is 278 g/mol. The molecule has 1 heterocycles. The number of halogens is 1. The minimum absolute atomic E-state index is 0.174. The first-order valence-electron chi connectivity index (χ1n) is 6.22. The molecule has 0 saturated carbocycles. The Balaban J connectivity index is 1.98. The molecule has 0 N–H and O–H groups in total. The first kappa shape index (κ1) is 14.4. The quantitative estimate of drug-likeness (QED) is 0.844. The maximum absolute atomic E-state index is 8.75. The molecule has 0 radical (unpaired) electrons. The Morgan fingerprint density at radius 3 is 2.90 bits per heavy atom. The van der Waals surface area contributed by atoms with Gasteiger partial charge in [0.05, 0.1) is 16.7 Å². The lowest BCUT2D eigenvalue weighted by molar-refractivity contribution is 0.284. The Morgan fingerprint density at radius 1 is 1.45 bits per heavy atom. The SMILES string of the molecule is CC(C)Cc1nc(COc2ccc(C#N)cc2Cl)no1. The normalized spacial score (nSPS) is 10.6. The van der Waals surface area contributed by atoms with Gasteiger partial charge in [-0.25, -0.2) is 0 Å². The standard InChI is InChI=1S/C14H14ClN3O2/c1-9(2)5-14-17-13(18-20-14)8-19-12-4-3-10(7-16)6-11(12)15/h3-4,6,9H,5,8H2,1-2H3. The maximum Gasteiger partial charge on any atom is 0.227 e. The largest absolute Gasteiger partial charge is 0.484 e. The van der Waals surface area contributed by atoms with Crippen molar-refractivity contribution < 1.29 is 9.26 Å². The van der Waals surface area contributed by atoms with E-state index in [2.05, 4.69) is 24.0 Å². The third kappa shape index (κ3) is 3.72. The minimum Gasteiger partial charge on any atom is -0.484 e. The second-order valence-electron chi connectivity index (χ2n) is 4.75. The van der Waals surface area contributed by atoms with E-state index in [4.69, 9.17) is 26.1 Å². The van der Waals surface area contributed by atoms with Gasteiger partial charge < -0.3 is 9.26 Å². The number of benzene rings is 1. The van der Waals surface area contributed by atoms with Gasteiger partial charge in [0.15, 0.2) is 6.61 Å². The Kier molecular flexibility index (Phi) is 4.59. The van der Waals surface area contributed by atoms with Gasteiger partial charge >= 0.3 is 0 Å². The predicted molar refractivity (Wildman–Crippen MR) is 73.3 cm³/mol. The molecule has 0 bridgehead atoms. The lowest BCUT2D eigenvalue weighted by Gasteiger charge is -2.05. The Morgan fingerprint density at radius 2 is 2.25 bits per heavy atom. The highest BCUT2D eigenvalue weighted by Gasteiger charge is 2.10. The van der Waals surface area contributed by atoms with Crippen molar-refractivity contribution in [3.05, 3.63) is 40.5 Å². The third-order valence-corrected chi connectivity index (χ3v) is 2.81. The van der Waals surface area contributed by atoms with E-state index in [1.165, 1.54) is 0 Å². The highest BCUT2D eigenvalue weighted by Crippen LogP contribution is 2.25. The molecule has 1 aromatic carbocycles. The lowest BCUT2D eigenvalue weighted by Crippen LogP contribution is -1.99. The number of hydrogen-bond donors (Lipinski definition) is 0. The van der Waals surface area contributed by atoms with Gasteiger partial charge in [0.1, 0.15) is 5.75 Å². The summed E-state index contributed by atoms with van der Waals surface area (Å²) in [6.07, 6.45) is 0.741. The Bertz CT molecular complexity index is 632. The van der Waals surface area contributed by atoms with Gasteiger partial charge in [-0.3, -0.25) is 0 Å². The second-order valence-corrected chi connectivity index (χ2v) is 5.16. The summed E-state index contributed by atoms with van der Waals surface area (Å²) in [5.41, 5.74) is 0.487. The van der Waals surface area contributed by atoms with Gasteiger partial charge in [-0.1, -0.05) is 30.6 Å². The van der Waals surface area contributed by atoms with E-state index in [9.17, 15) is 0 Å². The summed E-state index contributed by atoms with van der Waals surface area (Å²) < 4.78 is 10.6. The van der Waals surface area contributed by atoms with Gasteiger partial charge in [-0.15, -0.1) is 0 Å². The van der Waals surface area contributed by atoms with Crippen molar-refractivity contribution in [2.24, 2.45) is 5.92 Å². The number of rotatable bonds is 5. The van der Waals surface area contributed by atoms with Crippen LogP contribution < -0.4 is 4.74 Å². The minimum atomic E-state index is 0.174. The molecule has 1 aromatic heterocycles. The average Bonchev–Trinajstić information content (AvgIpc) is 2.84. The Hall–Kier alpha value is -2.06. The topological polar surface area (TPSA) is 71.9 Å². The molecule has 0 unspecified atom stereocenters. The zero-order chi connectivity index (χ0) is 14.5. The monoisotopic (exact) mass is 291 g/mol. The lowest BCUT2D eigenvalue weighted by atomic mass is 10.1. The number of nitrogens with zero attached hydrogens (tertiary/aromatic N) is 3. The van der Waals surface area contributed by atoms with Crippen molar-refractivity contribution >= 4 is 11.6 Å². The molecule has 2 rings (SSSR count). The molecule has 0 aliphatic rings. The molecule has 0 saturated heterocycles. The van der Waals surface area contributed by atoms with Crippen molar-refractivity contribution in [3.63, 3.8) is 0 Å². The van der Waals surface area contributed by atoms with Crippen molar-refractivity contribution in [1.82, 2.24) is 10.1 Å². The molecule has 0 atom stereocenters. The molecule has 0 amide bonds. The molecule has 2 aromatic rings. The molecular formula is C14H14ClN3O2. The van der Waals surface area contributed by atoms with E-state index >= 15 is 0 Å². The van der Waals surface area contributed by atoms with Crippen LogP contribution in [0.15, 0.2) is 22.7 Å². The van der Waals surface area contributed by atoms with Crippen LogP contribution in [-0.2, 0) is 13.0 Å². The predicted octanol–water partition coefficient (Wildman–Crippen LogP) is 3.37. The Labute approximate surface area is 122 Å². The fraction of sp³-hybridized carbons (Fsp3) is 0.357. The van der Waals surface area contributed by atoms with E-state index in [1.54, 1.807) is 18.2 Å². The summed E-state index contributed by atoms with van der Waals surface area (Å²) in [5.74, 6) is 2.02. The zero-order valence-corrected chi connectivity index (χ0v) is 12.0. The summed E-state index contributed by atoms with van der Waals surface area (Å²) in [6.45, 7) is 4.33. The van der Waals surface area contributed by atoms with Crippen LogP contribution in [0, 0.1) is 17.2 Å². The number of hydrogen-bond acceptors (Lipinski definition) is 5. The first-order valence-corrected chi connectivity index (χ1v) is 6.60. The van der Waals surface area contributed by atoms with Crippen molar-refractivity contribution in [3.8, 4) is 11.8 Å². The van der Waals surface area contributed by atoms with E-state index in [0.717, 1.165) is 6.42 Å². The van der Waals surface area contributed by atoms with Crippen LogP contribution in [0.5, 0.6) is 5.75 Å². The van der Waals surface area contributed by atoms with E-state index < -0.39 is 0 Å². The highest BCUT2D eigenvalue weighted by atomic mass is 35.5. The fourth-order valence-electron chi connectivity index (χ4n) is 1.61. The van der Waals surface area contributed by atoms with E-state index in [1.807, 2.05) is 6.07 Å². The van der Waals surface area contributed by atoms with Crippen LogP contribution in [0.1, 0.15) is 31.1 Å². The van der Waals surface area contributed by atoms with E-state index in [-0.39, 0.29) is 6.61 Å². The van der Waals surface area contributed by atoms with Crippen molar-refractivity contribution in [2.75, 3.05) is 0 Å². The average molecular weight is 292 g/mol. The fourth-order valence-corrected chi connectivity index (χ4v) is 1.85. The summed E-state index contributed by atoms with van der Waals surface area (Å²) in [7, 11) is 0. The summed E-state index contributed by atoms with van der Waals surface area (Å²) in [6, 6.07) is 6.85. The van der Waals surface area contributed by atoms with Gasteiger partial charge in [-0.2, -0.15) is 10.2 Å². The van der Waals surface area contributed by atoms with E-state index in [0.29, 0.717) is 34.0 Å². The van der Waals surface area contributed by atoms with Crippen LogP contribution in [0.4, 0.5) is 0 Å². The molecule has 0 fully saturated rings. The molecule has 6 heteroatoms. The second kappa shape index (κ2) is 6.40. The van der Waals surface area contributed by atoms with Gasteiger partial charge in [-0.05, 0) is 24.1 Å². The van der Waals surface area contributed by atoms with Gasteiger partial charge in [0.2, 0.25) is 11.7 Å². The molecule has 104 valence electrons. The molecule has 5 nitrogen and oxygen atoms in total. The van der Waals surface area contributed by atoms with Crippen LogP contribution in [0.3, 0.4) is 0 Å². The number of ether oxygens (including phenoxy) is 1. The van der Waals surface area contributed by atoms with Crippen LogP contribution in [-0.4, -0.2) is 10.1 Å². The summed E-state index contributed by atoms with van der Waals surface area (Å²) >= 11 is 6.01. The van der Waals surface area contributed by atoms with Crippen molar-refractivity contribution in [2.45, 2.75) is 26.9 Å². The van der Waals surface area contributed by atoms with Gasteiger partial charge in [0, 0.05) is 6.42 Å². The van der Waals surface area contributed by atoms with Crippen molar-refractivity contribution in [1.29, 1.82) is 5.26 Å². The van der Waals surface area contributed by atoms with Crippen LogP contribution >= 0.6 is 11.6 Å². The smallest absolute Gasteiger partial charge is 0.227 e. The molecule has 0 spiro atoms. The molecule has 0 aliphatic heterocycles. The number of nitriles is 1. The first-order chi connectivity index (χ1) is 9.58. The summed E-state index contributed by atoms with van der Waals surface area (Å²) in [4.78, 5) is 4.23. The molecule has 20 heavy (non-hydrogen) atoms. The highest BCUT2D eigenvalue weighted by molar-refractivity contribution is 6.32. The third-order valence-electron chi connectivity index (χ3n) is 2.51. The van der Waals surface area contributed by atoms with Crippen LogP contribution in [0.2, 0.25) is 5.02 Å². The summed E-state index contributed by atoms with van der Waals surface area (Å²) in [5, 5.41) is 13.0. The van der Waals surface area contributed by atoms with Crippen LogP contribution in [0.25, 0.3) is 0 Å². The van der Waals surface area contributed by atoms with Gasteiger partial charge in [0.25, 0.3) is 0 Å².